The van der Waals surface area contributed by atoms with Gasteiger partial charge in [0.2, 0.25) is 0 Å². The van der Waals surface area contributed by atoms with Gasteiger partial charge in [-0.3, -0.25) is 9.59 Å². The van der Waals surface area contributed by atoms with E-state index in [-0.39, 0.29) is 0 Å². The fourth-order valence-electron chi connectivity index (χ4n) is 0.234. The first-order valence-corrected chi connectivity index (χ1v) is 8.08. The molecule has 0 aromatic heterocycles. The van der Waals surface area contributed by atoms with Crippen molar-refractivity contribution < 1.29 is 49.3 Å². The second-order valence-corrected chi connectivity index (χ2v) is 7.30. The van der Waals surface area contributed by atoms with Gasteiger partial charge in [0.15, 0.2) is 26.3 Å². The van der Waals surface area contributed by atoms with Crippen LogP contribution < -0.4 is 0 Å². The quantitative estimate of drug-likeness (QED) is 0.230. The van der Waals surface area contributed by atoms with E-state index in [4.69, 9.17) is 44.5 Å². The molecule has 18 heavy (non-hydrogen) atoms. The summed E-state index contributed by atoms with van der Waals surface area (Å²) in [6.45, 7) is 1.08. The molecule has 0 aliphatic rings. The summed E-state index contributed by atoms with van der Waals surface area (Å²) in [6, 6.07) is 0.465. The Balaban J connectivity index is -0.000000212. The number of hydrogen-bond donors (Lipinski definition) is 7. The van der Waals surface area contributed by atoms with Gasteiger partial charge in [0.05, 0.1) is 0 Å². The van der Waals surface area contributed by atoms with Crippen LogP contribution in [0.1, 0.15) is 6.92 Å². The molecule has 0 unspecified atom stereocenters. The number of carboxylic acid groups (broad SMARTS) is 1. The molecule has 0 bridgehead atoms. The molecule has 12 heteroatoms. The van der Waals surface area contributed by atoms with Crippen molar-refractivity contribution in [1.29, 1.82) is 0 Å². The van der Waals surface area contributed by atoms with E-state index in [9.17, 15) is 4.79 Å². The number of aliphatic carboxylic acids is 1. The summed E-state index contributed by atoms with van der Waals surface area (Å²) >= 11 is 0. The summed E-state index contributed by atoms with van der Waals surface area (Å²) in [4.78, 5) is 40.7. The number of rotatable bonds is 4. The molecule has 0 radical (unpaired) electrons. The average molecular weight is 311 g/mol. The molecule has 0 aromatic carbocycles. The first-order valence-electron chi connectivity index (χ1n) is 4.10. The van der Waals surface area contributed by atoms with Gasteiger partial charge in [0.1, 0.15) is 0 Å². The van der Waals surface area contributed by atoms with Gasteiger partial charge in [0, 0.05) is 6.92 Å². The van der Waals surface area contributed by atoms with Crippen LogP contribution in [0.25, 0.3) is 0 Å². The standard InChI is InChI=1S/C4H10O4P.C2H4O2.H3O4P/c5-1-9(2-6,3-7)4-8;1-2(3)4;1-5(2,3)4/h1,6-8H,2-4H2;1H3,(H,3,4);(H3,1,2,3,4)/q+1;;. The Bertz CT molecular complexity index is 249. The minimum absolute atomic E-state index is 0.413. The first-order chi connectivity index (χ1) is 7.97. The van der Waals surface area contributed by atoms with E-state index in [2.05, 4.69) is 0 Å². The molecule has 0 amide bonds. The third kappa shape index (κ3) is 24.7. The zero-order chi connectivity index (χ0) is 15.4. The van der Waals surface area contributed by atoms with Gasteiger partial charge in [-0.25, -0.2) is 4.57 Å². The van der Waals surface area contributed by atoms with Gasteiger partial charge in [-0.1, -0.05) is 0 Å². The molecule has 0 atom stereocenters. The van der Waals surface area contributed by atoms with Crippen molar-refractivity contribution in [3.05, 3.63) is 0 Å². The van der Waals surface area contributed by atoms with Crippen LogP contribution in [-0.4, -0.2) is 66.1 Å². The fraction of sp³-hybridized carbons (Fsp3) is 0.667. The zero-order valence-electron chi connectivity index (χ0n) is 9.45. The molecular formula is C6H17O10P2+. The molecule has 0 saturated carbocycles. The Kier molecular flexibility index (Phi) is 14.7. The second kappa shape index (κ2) is 11.6. The van der Waals surface area contributed by atoms with Crippen molar-refractivity contribution in [2.75, 3.05) is 19.0 Å². The highest BCUT2D eigenvalue weighted by atomic mass is 31.2. The predicted octanol–water partition coefficient (Wildman–Crippen LogP) is -1.79. The van der Waals surface area contributed by atoms with Crippen LogP contribution in [0.4, 0.5) is 0 Å². The number of carbonyl (C=O) groups excluding carboxylic acids is 1. The summed E-state index contributed by atoms with van der Waals surface area (Å²) in [5, 5.41) is 32.8. The largest absolute Gasteiger partial charge is 0.481 e. The maximum absolute atomic E-state index is 10.1. The van der Waals surface area contributed by atoms with E-state index in [0.717, 1.165) is 6.92 Å². The highest BCUT2D eigenvalue weighted by Crippen LogP contribution is 2.52. The molecule has 0 aromatic rings. The summed E-state index contributed by atoms with van der Waals surface area (Å²) in [6.07, 6.45) is -1.24. The Morgan fingerprint density at radius 3 is 1.28 bits per heavy atom. The number of hydrogen-bond acceptors (Lipinski definition) is 6. The van der Waals surface area contributed by atoms with Gasteiger partial charge in [-0.15, -0.1) is 0 Å². The SMILES string of the molecule is CC(=O)O.O=C[P+](CO)(CO)CO.O=P(O)(O)O. The first kappa shape index (κ1) is 22.7. The summed E-state index contributed by atoms with van der Waals surface area (Å²) < 4.78 is 8.88. The lowest BCUT2D eigenvalue weighted by Gasteiger charge is -2.10. The summed E-state index contributed by atoms with van der Waals surface area (Å²) in [5.74, 6) is -0.833. The van der Waals surface area contributed by atoms with Gasteiger partial charge in [0.25, 0.3) is 12.0 Å². The Labute approximate surface area is 103 Å². The number of aliphatic hydroxyl groups is 3. The van der Waals surface area contributed by atoms with E-state index in [0.29, 0.717) is 6.03 Å². The van der Waals surface area contributed by atoms with Crippen LogP contribution in [0.15, 0.2) is 0 Å². The van der Waals surface area contributed by atoms with Gasteiger partial charge in [-0.05, 0) is 0 Å². The molecule has 0 saturated heterocycles. The molecule has 0 aliphatic carbocycles. The maximum atomic E-state index is 10.1. The van der Waals surface area contributed by atoms with Crippen LogP contribution >= 0.6 is 15.1 Å². The Morgan fingerprint density at radius 2 is 1.28 bits per heavy atom. The van der Waals surface area contributed by atoms with Crippen LogP contribution in [0.2, 0.25) is 0 Å². The normalized spacial score (nSPS) is 10.4. The summed E-state index contributed by atoms with van der Waals surface area (Å²) in [5.41, 5.74) is 0. The Morgan fingerprint density at radius 1 is 1.11 bits per heavy atom. The highest BCUT2D eigenvalue weighted by Gasteiger charge is 2.35. The lowest BCUT2D eigenvalue weighted by molar-refractivity contribution is -0.134. The van der Waals surface area contributed by atoms with Crippen LogP contribution in [0.3, 0.4) is 0 Å². The van der Waals surface area contributed by atoms with Gasteiger partial charge >= 0.3 is 7.82 Å². The molecule has 0 spiro atoms. The Hall–Kier alpha value is -0.440. The lowest BCUT2D eigenvalue weighted by Crippen LogP contribution is -2.07. The smallest absolute Gasteiger partial charge is 0.466 e. The van der Waals surface area contributed by atoms with Gasteiger partial charge in [-0.2, -0.15) is 0 Å². The average Bonchev–Trinajstić information content (AvgIpc) is 2.19. The molecule has 10 nitrogen and oxygen atoms in total. The second-order valence-electron chi connectivity index (χ2n) is 2.78. The monoisotopic (exact) mass is 311 g/mol. The van der Waals surface area contributed by atoms with E-state index < -0.39 is 40.1 Å². The van der Waals surface area contributed by atoms with Gasteiger partial charge < -0.3 is 35.1 Å². The number of carboxylic acids is 1. The molecule has 7 N–H and O–H groups in total. The van der Waals surface area contributed by atoms with E-state index >= 15 is 0 Å². The topological polar surface area (TPSA) is 193 Å². The molecular weight excluding hydrogens is 294 g/mol. The van der Waals surface area contributed by atoms with Crippen LogP contribution in [0.5, 0.6) is 0 Å². The maximum Gasteiger partial charge on any atom is 0.466 e. The minimum atomic E-state index is -4.64. The summed E-state index contributed by atoms with van der Waals surface area (Å²) in [7, 11) is -7.07. The van der Waals surface area contributed by atoms with Crippen molar-refractivity contribution in [3.63, 3.8) is 0 Å². The van der Waals surface area contributed by atoms with Crippen molar-refractivity contribution >= 4 is 27.1 Å². The number of carbonyl (C=O) groups is 2. The van der Waals surface area contributed by atoms with Crippen molar-refractivity contribution in [2.45, 2.75) is 6.92 Å². The van der Waals surface area contributed by atoms with Crippen molar-refractivity contribution in [1.82, 2.24) is 0 Å². The van der Waals surface area contributed by atoms with Crippen LogP contribution in [-0.2, 0) is 14.2 Å². The third-order valence-corrected chi connectivity index (χ3v) is 3.21. The third-order valence-electron chi connectivity index (χ3n) is 1.07. The zero-order valence-corrected chi connectivity index (χ0v) is 11.2. The molecule has 110 valence electrons. The molecule has 0 fully saturated rings. The highest BCUT2D eigenvalue weighted by molar-refractivity contribution is 7.88. The van der Waals surface area contributed by atoms with E-state index in [1.807, 2.05) is 0 Å². The minimum Gasteiger partial charge on any atom is -0.481 e. The molecule has 0 rings (SSSR count). The molecule has 0 heterocycles. The number of phosphoric acid groups is 1. The number of aliphatic hydroxyl groups excluding tert-OH is 3. The van der Waals surface area contributed by atoms with E-state index in [1.165, 1.54) is 0 Å². The fourth-order valence-corrected chi connectivity index (χ4v) is 0.702. The van der Waals surface area contributed by atoms with Crippen molar-refractivity contribution in [2.24, 2.45) is 0 Å². The molecule has 0 aliphatic heterocycles. The van der Waals surface area contributed by atoms with Crippen LogP contribution in [0, 0.1) is 0 Å². The predicted molar refractivity (Wildman–Crippen MR) is 62.5 cm³/mol. The lowest BCUT2D eigenvalue weighted by atomic mass is 10.9. The van der Waals surface area contributed by atoms with Crippen molar-refractivity contribution in [3.8, 4) is 0 Å². The van der Waals surface area contributed by atoms with E-state index in [1.54, 1.807) is 0 Å².